The van der Waals surface area contributed by atoms with Gasteiger partial charge in [-0.2, -0.15) is 0 Å². The minimum Gasteiger partial charge on any atom is -0.326 e. The van der Waals surface area contributed by atoms with Crippen molar-refractivity contribution in [1.82, 2.24) is 19.7 Å². The van der Waals surface area contributed by atoms with Crippen LogP contribution in [-0.2, 0) is 13.6 Å². The van der Waals surface area contributed by atoms with Crippen LogP contribution in [0.5, 0.6) is 0 Å². The van der Waals surface area contributed by atoms with Crippen LogP contribution >= 0.6 is 11.8 Å². The molecule has 0 aliphatic rings. The molecule has 0 spiro atoms. The standard InChI is InChI=1S/C13H13N5S/c1-18-8-15-17-13(18)19-12-6-9(7-14)10-4-2-3-5-11(10)16-12/h2-6,8H,7,14H2,1H3. The van der Waals surface area contributed by atoms with E-state index in [4.69, 9.17) is 5.73 Å². The molecule has 1 aromatic carbocycles. The number of hydrogen-bond donors (Lipinski definition) is 1. The summed E-state index contributed by atoms with van der Waals surface area (Å²) in [6.45, 7) is 0.495. The molecule has 0 fully saturated rings. The Bertz CT molecular complexity index is 722. The lowest BCUT2D eigenvalue weighted by molar-refractivity contribution is 0.787. The van der Waals surface area contributed by atoms with Crippen LogP contribution in [-0.4, -0.2) is 19.7 Å². The van der Waals surface area contributed by atoms with E-state index in [2.05, 4.69) is 15.2 Å². The summed E-state index contributed by atoms with van der Waals surface area (Å²) in [5.74, 6) is 0. The SMILES string of the molecule is Cn1cnnc1Sc1cc(CN)c2ccccc2n1. The number of benzene rings is 1. The highest BCUT2D eigenvalue weighted by molar-refractivity contribution is 7.99. The minimum atomic E-state index is 0.495. The highest BCUT2D eigenvalue weighted by Crippen LogP contribution is 2.27. The molecule has 96 valence electrons. The van der Waals surface area contributed by atoms with Crippen molar-refractivity contribution in [2.24, 2.45) is 12.8 Å². The van der Waals surface area contributed by atoms with Crippen molar-refractivity contribution >= 4 is 22.7 Å². The lowest BCUT2D eigenvalue weighted by Gasteiger charge is -2.07. The third-order valence-electron chi connectivity index (χ3n) is 2.86. The maximum atomic E-state index is 5.82. The molecule has 2 N–H and O–H groups in total. The van der Waals surface area contributed by atoms with E-state index in [9.17, 15) is 0 Å². The molecule has 0 atom stereocenters. The molecular weight excluding hydrogens is 258 g/mol. The molecule has 0 amide bonds. The largest absolute Gasteiger partial charge is 0.326 e. The zero-order valence-electron chi connectivity index (χ0n) is 10.4. The topological polar surface area (TPSA) is 69.6 Å². The molecule has 0 radical (unpaired) electrons. The molecule has 2 heterocycles. The number of nitrogens with two attached hydrogens (primary N) is 1. The number of fused-ring (bicyclic) bond motifs is 1. The van der Waals surface area contributed by atoms with Crippen molar-refractivity contribution in [1.29, 1.82) is 0 Å². The zero-order chi connectivity index (χ0) is 13.2. The maximum Gasteiger partial charge on any atom is 0.197 e. The first-order valence-electron chi connectivity index (χ1n) is 5.88. The quantitative estimate of drug-likeness (QED) is 0.788. The van der Waals surface area contributed by atoms with E-state index >= 15 is 0 Å². The van der Waals surface area contributed by atoms with E-state index in [1.54, 1.807) is 6.33 Å². The maximum absolute atomic E-state index is 5.82. The smallest absolute Gasteiger partial charge is 0.197 e. The number of rotatable bonds is 3. The van der Waals surface area contributed by atoms with Gasteiger partial charge in [0.15, 0.2) is 5.16 Å². The van der Waals surface area contributed by atoms with Crippen molar-refractivity contribution in [3.05, 3.63) is 42.2 Å². The average molecular weight is 271 g/mol. The Morgan fingerprint density at radius 1 is 1.32 bits per heavy atom. The van der Waals surface area contributed by atoms with Crippen molar-refractivity contribution in [2.75, 3.05) is 0 Å². The molecule has 0 saturated heterocycles. The van der Waals surface area contributed by atoms with Crippen LogP contribution in [0.25, 0.3) is 10.9 Å². The Balaban J connectivity index is 2.07. The van der Waals surface area contributed by atoms with E-state index in [1.165, 1.54) is 11.8 Å². The van der Waals surface area contributed by atoms with E-state index < -0.39 is 0 Å². The fourth-order valence-electron chi connectivity index (χ4n) is 1.90. The van der Waals surface area contributed by atoms with Crippen LogP contribution in [0.1, 0.15) is 5.56 Å². The van der Waals surface area contributed by atoms with Gasteiger partial charge in [0.05, 0.1) is 5.52 Å². The minimum absolute atomic E-state index is 0.495. The van der Waals surface area contributed by atoms with Gasteiger partial charge in [0.25, 0.3) is 0 Å². The summed E-state index contributed by atoms with van der Waals surface area (Å²) in [6.07, 6.45) is 1.67. The Morgan fingerprint density at radius 2 is 2.16 bits per heavy atom. The number of pyridine rings is 1. The molecular formula is C13H13N5S. The summed E-state index contributed by atoms with van der Waals surface area (Å²) >= 11 is 1.49. The average Bonchev–Trinajstić information content (AvgIpc) is 2.83. The van der Waals surface area contributed by atoms with Gasteiger partial charge in [-0.25, -0.2) is 4.98 Å². The molecule has 3 rings (SSSR count). The summed E-state index contributed by atoms with van der Waals surface area (Å²) in [7, 11) is 1.91. The molecule has 0 aliphatic heterocycles. The Hall–Kier alpha value is -1.92. The van der Waals surface area contributed by atoms with Gasteiger partial charge < -0.3 is 10.3 Å². The van der Waals surface area contributed by atoms with E-state index in [0.717, 1.165) is 26.6 Å². The predicted octanol–water partition coefficient (Wildman–Crippen LogP) is 1.97. The van der Waals surface area contributed by atoms with Crippen LogP contribution in [0.3, 0.4) is 0 Å². The van der Waals surface area contributed by atoms with Crippen molar-refractivity contribution < 1.29 is 0 Å². The number of hydrogen-bond acceptors (Lipinski definition) is 5. The summed E-state index contributed by atoms with van der Waals surface area (Å²) in [4.78, 5) is 4.63. The molecule has 0 aliphatic carbocycles. The predicted molar refractivity (Wildman–Crippen MR) is 74.8 cm³/mol. The Kier molecular flexibility index (Phi) is 3.18. The van der Waals surface area contributed by atoms with Crippen molar-refractivity contribution in [3.63, 3.8) is 0 Å². The van der Waals surface area contributed by atoms with E-state index in [0.29, 0.717) is 6.54 Å². The number of nitrogens with zero attached hydrogens (tertiary/aromatic N) is 4. The summed E-state index contributed by atoms with van der Waals surface area (Å²) in [5.41, 5.74) is 7.86. The van der Waals surface area contributed by atoms with Gasteiger partial charge in [-0.05, 0) is 29.5 Å². The number of aryl methyl sites for hydroxylation is 1. The summed E-state index contributed by atoms with van der Waals surface area (Å²) in [6, 6.07) is 10.0. The highest BCUT2D eigenvalue weighted by atomic mass is 32.2. The van der Waals surface area contributed by atoms with Gasteiger partial charge in [0.1, 0.15) is 11.4 Å². The number of para-hydroxylation sites is 1. The second kappa shape index (κ2) is 4.99. The van der Waals surface area contributed by atoms with E-state index in [1.807, 2.05) is 41.9 Å². The molecule has 6 heteroatoms. The molecule has 2 aromatic heterocycles. The monoisotopic (exact) mass is 271 g/mol. The molecule has 0 saturated carbocycles. The van der Waals surface area contributed by atoms with Gasteiger partial charge in [0.2, 0.25) is 0 Å². The molecule has 19 heavy (non-hydrogen) atoms. The van der Waals surface area contributed by atoms with Crippen LogP contribution in [0.4, 0.5) is 0 Å². The lowest BCUT2D eigenvalue weighted by atomic mass is 10.1. The second-order valence-electron chi connectivity index (χ2n) is 4.17. The first-order valence-corrected chi connectivity index (χ1v) is 6.70. The first kappa shape index (κ1) is 12.1. The molecule has 0 bridgehead atoms. The fourth-order valence-corrected chi connectivity index (χ4v) is 2.71. The second-order valence-corrected chi connectivity index (χ2v) is 5.15. The zero-order valence-corrected chi connectivity index (χ0v) is 11.3. The molecule has 5 nitrogen and oxygen atoms in total. The van der Waals surface area contributed by atoms with Gasteiger partial charge in [-0.15, -0.1) is 10.2 Å². The van der Waals surface area contributed by atoms with E-state index in [-0.39, 0.29) is 0 Å². The van der Waals surface area contributed by atoms with Crippen molar-refractivity contribution in [2.45, 2.75) is 16.7 Å². The summed E-state index contributed by atoms with van der Waals surface area (Å²) < 4.78 is 1.86. The van der Waals surface area contributed by atoms with Crippen molar-refractivity contribution in [3.8, 4) is 0 Å². The van der Waals surface area contributed by atoms with Gasteiger partial charge in [-0.1, -0.05) is 18.2 Å². The normalized spacial score (nSPS) is 11.1. The van der Waals surface area contributed by atoms with Crippen LogP contribution < -0.4 is 5.73 Å². The highest BCUT2D eigenvalue weighted by Gasteiger charge is 2.08. The third-order valence-corrected chi connectivity index (χ3v) is 3.83. The summed E-state index contributed by atoms with van der Waals surface area (Å²) in [5, 5.41) is 10.7. The van der Waals surface area contributed by atoms with Crippen LogP contribution in [0.15, 0.2) is 46.8 Å². The third kappa shape index (κ3) is 2.32. The van der Waals surface area contributed by atoms with Gasteiger partial charge >= 0.3 is 0 Å². The van der Waals surface area contributed by atoms with Gasteiger partial charge in [-0.3, -0.25) is 0 Å². The van der Waals surface area contributed by atoms with Crippen LogP contribution in [0.2, 0.25) is 0 Å². The molecule has 3 aromatic rings. The Labute approximate surface area is 114 Å². The number of aromatic nitrogens is 4. The fraction of sp³-hybridized carbons (Fsp3) is 0.154. The molecule has 0 unspecified atom stereocenters. The van der Waals surface area contributed by atoms with Crippen LogP contribution in [0, 0.1) is 0 Å². The lowest BCUT2D eigenvalue weighted by Crippen LogP contribution is -1.99. The Morgan fingerprint density at radius 3 is 2.89 bits per heavy atom. The van der Waals surface area contributed by atoms with Gasteiger partial charge in [0, 0.05) is 19.0 Å². The first-order chi connectivity index (χ1) is 9.28.